The first-order valence-corrected chi connectivity index (χ1v) is 13.0. The van der Waals surface area contributed by atoms with Gasteiger partial charge in [0.25, 0.3) is 5.91 Å². The average molecular weight is 508 g/mol. The van der Waals surface area contributed by atoms with Crippen molar-refractivity contribution in [1.29, 1.82) is 0 Å². The number of carbonyl (C=O) groups is 1. The average Bonchev–Trinajstić information content (AvgIpc) is 3.79. The lowest BCUT2D eigenvalue weighted by molar-refractivity contribution is -0.165. The predicted octanol–water partition coefficient (Wildman–Crippen LogP) is 6.00. The SMILES string of the molecule is C=CCN(C(=O)C(=CC)Oc1ccc(C2CC2)cc1)c1ccc(OCCOC2CCCCO2)c(OC)c1. The number of hydrogen-bond donors (Lipinski definition) is 0. The molecule has 1 saturated carbocycles. The lowest BCUT2D eigenvalue weighted by Gasteiger charge is -2.24. The highest BCUT2D eigenvalue weighted by Gasteiger charge is 2.24. The van der Waals surface area contributed by atoms with Crippen LogP contribution in [0.5, 0.6) is 17.2 Å². The first-order chi connectivity index (χ1) is 18.1. The number of hydrogen-bond acceptors (Lipinski definition) is 6. The zero-order valence-corrected chi connectivity index (χ0v) is 21.8. The molecule has 1 amide bonds. The van der Waals surface area contributed by atoms with E-state index in [2.05, 4.69) is 18.7 Å². The van der Waals surface area contributed by atoms with Gasteiger partial charge in [0.2, 0.25) is 0 Å². The van der Waals surface area contributed by atoms with Crippen molar-refractivity contribution in [2.24, 2.45) is 0 Å². The van der Waals surface area contributed by atoms with Crippen molar-refractivity contribution < 1.29 is 28.5 Å². The third-order valence-electron chi connectivity index (χ3n) is 6.43. The summed E-state index contributed by atoms with van der Waals surface area (Å²) in [7, 11) is 1.57. The van der Waals surface area contributed by atoms with Gasteiger partial charge in [-0.25, -0.2) is 0 Å². The van der Waals surface area contributed by atoms with Gasteiger partial charge >= 0.3 is 0 Å². The van der Waals surface area contributed by atoms with Crippen molar-refractivity contribution >= 4 is 11.6 Å². The van der Waals surface area contributed by atoms with E-state index in [1.165, 1.54) is 18.4 Å². The molecule has 0 bridgehead atoms. The molecule has 1 aliphatic carbocycles. The molecule has 0 N–H and O–H groups in total. The molecule has 1 saturated heterocycles. The largest absolute Gasteiger partial charge is 0.493 e. The Hall–Kier alpha value is -3.29. The van der Waals surface area contributed by atoms with Crippen molar-refractivity contribution in [3.63, 3.8) is 0 Å². The highest BCUT2D eigenvalue weighted by molar-refractivity contribution is 6.04. The third kappa shape index (κ3) is 7.37. The maximum absolute atomic E-state index is 13.5. The van der Waals surface area contributed by atoms with Crippen molar-refractivity contribution in [2.45, 2.75) is 51.2 Å². The smallest absolute Gasteiger partial charge is 0.293 e. The van der Waals surface area contributed by atoms with Gasteiger partial charge in [0.15, 0.2) is 23.5 Å². The van der Waals surface area contributed by atoms with E-state index in [0.29, 0.717) is 48.6 Å². The van der Waals surface area contributed by atoms with Crippen LogP contribution >= 0.6 is 0 Å². The lowest BCUT2D eigenvalue weighted by atomic mass is 10.1. The molecular weight excluding hydrogens is 470 g/mol. The lowest BCUT2D eigenvalue weighted by Crippen LogP contribution is -2.33. The quantitative estimate of drug-likeness (QED) is 0.143. The molecular formula is C30H37NO6. The first kappa shape index (κ1) is 26.8. The molecule has 37 heavy (non-hydrogen) atoms. The van der Waals surface area contributed by atoms with E-state index < -0.39 is 0 Å². The number of methoxy groups -OCH3 is 1. The molecule has 7 nitrogen and oxygen atoms in total. The maximum Gasteiger partial charge on any atom is 0.293 e. The van der Waals surface area contributed by atoms with Gasteiger partial charge in [0, 0.05) is 24.9 Å². The number of ether oxygens (including phenoxy) is 5. The van der Waals surface area contributed by atoms with E-state index in [-0.39, 0.29) is 18.0 Å². The Morgan fingerprint density at radius 2 is 1.89 bits per heavy atom. The van der Waals surface area contributed by atoms with Crippen molar-refractivity contribution in [3.8, 4) is 17.2 Å². The van der Waals surface area contributed by atoms with Crippen LogP contribution < -0.4 is 19.1 Å². The summed E-state index contributed by atoms with van der Waals surface area (Å²) in [6.45, 7) is 7.44. The van der Waals surface area contributed by atoms with Crippen molar-refractivity contribution in [2.75, 3.05) is 38.4 Å². The van der Waals surface area contributed by atoms with E-state index in [1.54, 1.807) is 43.2 Å². The number of amides is 1. The fourth-order valence-electron chi connectivity index (χ4n) is 4.26. The molecule has 4 rings (SSSR count). The van der Waals surface area contributed by atoms with Crippen LogP contribution in [0.2, 0.25) is 0 Å². The van der Waals surface area contributed by atoms with E-state index >= 15 is 0 Å². The first-order valence-electron chi connectivity index (χ1n) is 13.0. The molecule has 198 valence electrons. The van der Waals surface area contributed by atoms with Crippen LogP contribution in [-0.4, -0.2) is 45.7 Å². The Balaban J connectivity index is 1.40. The normalized spacial score (nSPS) is 17.7. The van der Waals surface area contributed by atoms with Gasteiger partial charge in [-0.05, 0) is 80.9 Å². The van der Waals surface area contributed by atoms with Gasteiger partial charge in [0.05, 0.1) is 13.7 Å². The number of allylic oxidation sites excluding steroid dienone is 1. The second-order valence-corrected chi connectivity index (χ2v) is 9.15. The monoisotopic (exact) mass is 507 g/mol. The Morgan fingerprint density at radius 1 is 1.08 bits per heavy atom. The van der Waals surface area contributed by atoms with Gasteiger partial charge in [-0.2, -0.15) is 0 Å². The standard InChI is InChI=1S/C30H37NO6/c1-4-17-31(30(32)26(5-2)37-25-14-11-23(12-15-25)22-9-10-22)24-13-16-27(28(21-24)33-3)34-19-20-36-29-8-6-7-18-35-29/h4-5,11-16,21-22,29H,1,6-10,17-20H2,2-3H3. The zero-order valence-electron chi connectivity index (χ0n) is 21.8. The minimum atomic E-state index is -0.273. The molecule has 0 spiro atoms. The topological polar surface area (TPSA) is 66.5 Å². The number of benzene rings is 2. The van der Waals surface area contributed by atoms with Crippen molar-refractivity contribution in [1.82, 2.24) is 0 Å². The van der Waals surface area contributed by atoms with Gasteiger partial charge in [-0.3, -0.25) is 4.79 Å². The summed E-state index contributed by atoms with van der Waals surface area (Å²) in [5.41, 5.74) is 1.96. The summed E-state index contributed by atoms with van der Waals surface area (Å²) < 4.78 is 28.7. The second-order valence-electron chi connectivity index (χ2n) is 9.15. The minimum absolute atomic E-state index is 0.153. The molecule has 1 aliphatic heterocycles. The Kier molecular flexibility index (Phi) is 9.63. The van der Waals surface area contributed by atoms with Crippen LogP contribution in [0.25, 0.3) is 0 Å². The molecule has 1 unspecified atom stereocenters. The summed E-state index contributed by atoms with van der Waals surface area (Å²) in [6, 6.07) is 13.4. The molecule has 2 aromatic rings. The third-order valence-corrected chi connectivity index (χ3v) is 6.43. The number of carbonyl (C=O) groups excluding carboxylic acids is 1. The van der Waals surface area contributed by atoms with Crippen LogP contribution in [0.1, 0.15) is 50.5 Å². The fourth-order valence-corrected chi connectivity index (χ4v) is 4.26. The Bertz CT molecular complexity index is 1070. The maximum atomic E-state index is 13.5. The highest BCUT2D eigenvalue weighted by Crippen LogP contribution is 2.40. The van der Waals surface area contributed by atoms with Crippen LogP contribution in [0.4, 0.5) is 5.69 Å². The van der Waals surface area contributed by atoms with E-state index in [9.17, 15) is 4.79 Å². The summed E-state index contributed by atoms with van der Waals surface area (Å²) in [6.07, 6.45) is 8.80. The number of nitrogens with zero attached hydrogens (tertiary/aromatic N) is 1. The highest BCUT2D eigenvalue weighted by atomic mass is 16.7. The zero-order chi connectivity index (χ0) is 26.0. The van der Waals surface area contributed by atoms with E-state index in [4.69, 9.17) is 23.7 Å². The summed E-state index contributed by atoms with van der Waals surface area (Å²) in [4.78, 5) is 15.1. The summed E-state index contributed by atoms with van der Waals surface area (Å²) in [5, 5.41) is 0. The van der Waals surface area contributed by atoms with Crippen molar-refractivity contribution in [3.05, 3.63) is 72.5 Å². The Labute approximate surface area is 219 Å². The van der Waals surface area contributed by atoms with Crippen LogP contribution in [0.3, 0.4) is 0 Å². The molecule has 7 heteroatoms. The molecule has 1 atom stereocenters. The fraction of sp³-hybridized carbons (Fsp3) is 0.433. The summed E-state index contributed by atoms with van der Waals surface area (Å²) >= 11 is 0. The van der Waals surface area contributed by atoms with E-state index in [1.807, 2.05) is 18.2 Å². The molecule has 0 radical (unpaired) electrons. The van der Waals surface area contributed by atoms with Gasteiger partial charge < -0.3 is 28.6 Å². The molecule has 2 fully saturated rings. The van der Waals surface area contributed by atoms with Crippen LogP contribution in [0.15, 0.2) is 67.0 Å². The molecule has 0 aromatic heterocycles. The van der Waals surface area contributed by atoms with E-state index in [0.717, 1.165) is 25.9 Å². The molecule has 2 aromatic carbocycles. The number of rotatable bonds is 13. The summed E-state index contributed by atoms with van der Waals surface area (Å²) in [5.74, 6) is 2.36. The second kappa shape index (κ2) is 13.3. The van der Waals surface area contributed by atoms with Gasteiger partial charge in [-0.15, -0.1) is 6.58 Å². The molecule has 1 heterocycles. The van der Waals surface area contributed by atoms with Crippen LogP contribution in [-0.2, 0) is 14.3 Å². The van der Waals surface area contributed by atoms with Gasteiger partial charge in [0.1, 0.15) is 12.4 Å². The molecule has 2 aliphatic rings. The van der Waals surface area contributed by atoms with Crippen LogP contribution in [0, 0.1) is 0 Å². The minimum Gasteiger partial charge on any atom is -0.493 e. The predicted molar refractivity (Wildman–Crippen MR) is 143 cm³/mol. The van der Waals surface area contributed by atoms with Gasteiger partial charge in [-0.1, -0.05) is 18.2 Å². The Morgan fingerprint density at radius 3 is 2.54 bits per heavy atom. The number of anilines is 1.